The summed E-state index contributed by atoms with van der Waals surface area (Å²) in [7, 11) is 3.17. The highest BCUT2D eigenvalue weighted by atomic mass is 79.9. The van der Waals surface area contributed by atoms with E-state index in [1.54, 1.807) is 56.7 Å². The first-order valence-electron chi connectivity index (χ1n) is 12.2. The summed E-state index contributed by atoms with van der Waals surface area (Å²) >= 11 is 16.1. The molecular weight excluding hydrogens is 867 g/mol. The lowest BCUT2D eigenvalue weighted by molar-refractivity contribution is 0.412. The van der Waals surface area contributed by atoms with Crippen molar-refractivity contribution in [2.75, 3.05) is 37.2 Å². The van der Waals surface area contributed by atoms with Gasteiger partial charge in [0.1, 0.15) is 17.2 Å². The molecule has 0 saturated heterocycles. The number of nitrogen functional groups attached to an aromatic ring is 4. The highest BCUT2D eigenvalue weighted by molar-refractivity contribution is 9.69. The second kappa shape index (κ2) is 18.4. The van der Waals surface area contributed by atoms with Crippen molar-refractivity contribution in [1.82, 2.24) is 0 Å². The number of anilines is 4. The summed E-state index contributed by atoms with van der Waals surface area (Å²) in [6, 6.07) is 17.4. The summed E-state index contributed by atoms with van der Waals surface area (Å²) in [5.41, 5.74) is 27.3. The van der Waals surface area contributed by atoms with Crippen molar-refractivity contribution >= 4 is 105 Å². The molecule has 0 radical (unpaired) electrons. The number of benzene rings is 4. The summed E-state index contributed by atoms with van der Waals surface area (Å²) in [6.07, 6.45) is 0. The first kappa shape index (κ1) is 37.8. The van der Waals surface area contributed by atoms with Crippen LogP contribution in [0.4, 0.5) is 22.7 Å². The Bertz CT molecular complexity index is 1480. The third kappa shape index (κ3) is 9.90. The van der Waals surface area contributed by atoms with Crippen LogP contribution in [0.1, 0.15) is 13.8 Å². The Morgan fingerprint density at radius 3 is 1.50 bits per heavy atom. The molecule has 226 valence electrons. The van der Waals surface area contributed by atoms with Crippen molar-refractivity contribution in [3.05, 3.63) is 69.6 Å². The SMILES string of the molecule is BrB(Br)Br.CC.COc1c(N)cccc1-c1c(Br)ccc(N)c1OC.Nc1cccc(-c2c(Br)ccc(N)c2O)c1O. The number of phenolic OH excluding ortho intramolecular Hbond substituents is 2. The molecule has 4 aromatic rings. The Balaban J connectivity index is 0.000000356. The van der Waals surface area contributed by atoms with Crippen LogP contribution >= 0.6 is 79.1 Å². The van der Waals surface area contributed by atoms with Crippen LogP contribution in [0.3, 0.4) is 0 Å². The van der Waals surface area contributed by atoms with Gasteiger partial charge in [0.05, 0.1) is 37.0 Å². The van der Waals surface area contributed by atoms with Gasteiger partial charge in [0, 0.05) is 31.2 Å². The van der Waals surface area contributed by atoms with Crippen LogP contribution in [0.15, 0.2) is 69.6 Å². The zero-order valence-corrected chi connectivity index (χ0v) is 31.2. The Morgan fingerprint density at radius 2 is 0.976 bits per heavy atom. The summed E-state index contributed by atoms with van der Waals surface area (Å²) in [5.74, 6) is 1.04. The number of methoxy groups -OCH3 is 2. The molecule has 0 aliphatic carbocycles. The molecule has 0 unspecified atom stereocenters. The van der Waals surface area contributed by atoms with Crippen molar-refractivity contribution in [3.8, 4) is 45.3 Å². The fourth-order valence-electron chi connectivity index (χ4n) is 3.63. The van der Waals surface area contributed by atoms with Gasteiger partial charge < -0.3 is 42.6 Å². The van der Waals surface area contributed by atoms with Gasteiger partial charge in [-0.25, -0.2) is 0 Å². The molecule has 8 nitrogen and oxygen atoms in total. The quantitative estimate of drug-likeness (QED) is 0.0672. The zero-order valence-electron chi connectivity index (χ0n) is 23.3. The first-order chi connectivity index (χ1) is 19.8. The number of hydrogen-bond acceptors (Lipinski definition) is 8. The molecular formula is C28H32BBr5N4O4. The van der Waals surface area contributed by atoms with E-state index in [1.807, 2.05) is 32.0 Å². The first-order valence-corrected chi connectivity index (χ1v) is 16.5. The monoisotopic (exact) mass is 894 g/mol. The molecule has 0 fully saturated rings. The maximum atomic E-state index is 9.94. The third-order valence-corrected chi connectivity index (χ3v) is 6.68. The molecule has 0 bridgehead atoms. The maximum absolute atomic E-state index is 9.94. The second-order valence-electron chi connectivity index (χ2n) is 7.82. The molecule has 0 aliphatic rings. The van der Waals surface area contributed by atoms with E-state index >= 15 is 0 Å². The number of nitrogens with two attached hydrogens (primary N) is 4. The van der Waals surface area contributed by atoms with Gasteiger partial charge in [-0.15, -0.1) is 47.3 Å². The van der Waals surface area contributed by atoms with Crippen LogP contribution in [-0.2, 0) is 0 Å². The van der Waals surface area contributed by atoms with Gasteiger partial charge >= 0.3 is 3.18 Å². The van der Waals surface area contributed by atoms with Crippen molar-refractivity contribution in [1.29, 1.82) is 0 Å². The molecule has 0 heterocycles. The topological polar surface area (TPSA) is 163 Å². The lowest BCUT2D eigenvalue weighted by Crippen LogP contribution is -1.99. The summed E-state index contributed by atoms with van der Waals surface area (Å²) in [6.45, 7) is 4.00. The van der Waals surface area contributed by atoms with E-state index < -0.39 is 0 Å². The van der Waals surface area contributed by atoms with Gasteiger partial charge in [0.25, 0.3) is 0 Å². The van der Waals surface area contributed by atoms with E-state index in [2.05, 4.69) is 79.1 Å². The minimum absolute atomic E-state index is 0.0749. The predicted octanol–water partition coefficient (Wildman–Crippen LogP) is 9.17. The highest BCUT2D eigenvalue weighted by Crippen LogP contribution is 2.46. The summed E-state index contributed by atoms with van der Waals surface area (Å²) in [4.78, 5) is 0. The molecule has 14 heteroatoms. The van der Waals surface area contributed by atoms with E-state index in [1.165, 1.54) is 0 Å². The average Bonchev–Trinajstić information content (AvgIpc) is 2.95. The lowest BCUT2D eigenvalue weighted by atomic mass is 10.0. The fraction of sp³-hybridized carbons (Fsp3) is 0.143. The molecule has 10 N–H and O–H groups in total. The maximum Gasteiger partial charge on any atom is 0.369 e. The summed E-state index contributed by atoms with van der Waals surface area (Å²) < 4.78 is 12.5. The van der Waals surface area contributed by atoms with Gasteiger partial charge in [0.2, 0.25) is 0 Å². The molecule has 4 rings (SSSR count). The molecule has 0 spiro atoms. The smallest absolute Gasteiger partial charge is 0.369 e. The lowest BCUT2D eigenvalue weighted by Gasteiger charge is -2.16. The number of halogens is 5. The normalized spacial score (nSPS) is 9.64. The average molecular weight is 899 g/mol. The molecule has 0 amide bonds. The zero-order chi connectivity index (χ0) is 32.1. The Labute approximate surface area is 288 Å². The second-order valence-corrected chi connectivity index (χ2v) is 16.0. The van der Waals surface area contributed by atoms with Crippen molar-refractivity contribution in [3.63, 3.8) is 0 Å². The van der Waals surface area contributed by atoms with Gasteiger partial charge in [-0.3, -0.25) is 0 Å². The number of rotatable bonds is 4. The van der Waals surface area contributed by atoms with E-state index in [0.717, 1.165) is 15.6 Å². The molecule has 0 saturated carbocycles. The van der Waals surface area contributed by atoms with Gasteiger partial charge in [-0.2, -0.15) is 0 Å². The number of hydrogen-bond donors (Lipinski definition) is 6. The van der Waals surface area contributed by atoms with E-state index in [0.29, 0.717) is 38.5 Å². The minimum Gasteiger partial charge on any atom is -0.505 e. The highest BCUT2D eigenvalue weighted by Gasteiger charge is 2.18. The fourth-order valence-corrected chi connectivity index (χ4v) is 4.69. The predicted molar refractivity (Wildman–Crippen MR) is 197 cm³/mol. The van der Waals surface area contributed by atoms with E-state index in [9.17, 15) is 10.2 Å². The van der Waals surface area contributed by atoms with Crippen molar-refractivity contribution in [2.45, 2.75) is 13.8 Å². The molecule has 42 heavy (non-hydrogen) atoms. The van der Waals surface area contributed by atoms with Gasteiger partial charge in [0.15, 0.2) is 5.75 Å². The number of phenols is 2. The Morgan fingerprint density at radius 1 is 0.571 bits per heavy atom. The van der Waals surface area contributed by atoms with Crippen LogP contribution in [0.2, 0.25) is 0 Å². The molecule has 0 atom stereocenters. The van der Waals surface area contributed by atoms with Gasteiger partial charge in [-0.1, -0.05) is 70.0 Å². The number of para-hydroxylation sites is 2. The van der Waals surface area contributed by atoms with Crippen LogP contribution < -0.4 is 32.4 Å². The van der Waals surface area contributed by atoms with E-state index in [-0.39, 0.29) is 26.1 Å². The van der Waals surface area contributed by atoms with Crippen LogP contribution in [-0.4, -0.2) is 27.6 Å². The standard InChI is InChI=1S/C14H15BrN2O2.C12H11BrN2O2.C2H6.BBr3/c1-18-13-8(4-3-5-10(13)16)12-9(15)6-7-11(17)14(12)19-2;13-7-4-5-9(15)12(17)10(7)6-2-1-3-8(14)11(6)16;1-2;2-1(3)4/h3-7H,16-17H2,1-2H3;1-5,16-17H,14-15H2;1-2H3;. The number of aromatic hydroxyl groups is 2. The summed E-state index contributed by atoms with van der Waals surface area (Å²) in [5, 5.41) is 19.8. The molecule has 0 aliphatic heterocycles. The van der Waals surface area contributed by atoms with E-state index in [4.69, 9.17) is 32.4 Å². The Hall–Kier alpha value is -2.26. The largest absolute Gasteiger partial charge is 0.505 e. The van der Waals surface area contributed by atoms with Crippen LogP contribution in [0.5, 0.6) is 23.0 Å². The van der Waals surface area contributed by atoms with Gasteiger partial charge in [-0.05, 0) is 36.4 Å². The third-order valence-electron chi connectivity index (χ3n) is 5.36. The number of ether oxygens (including phenoxy) is 2. The van der Waals surface area contributed by atoms with Crippen LogP contribution in [0.25, 0.3) is 22.3 Å². The Kier molecular flexibility index (Phi) is 16.6. The molecule has 4 aromatic carbocycles. The minimum atomic E-state index is -0.0831. The van der Waals surface area contributed by atoms with Crippen LogP contribution in [0, 0.1) is 0 Å². The molecule has 0 aromatic heterocycles. The van der Waals surface area contributed by atoms with Crippen molar-refractivity contribution in [2.24, 2.45) is 0 Å². The van der Waals surface area contributed by atoms with Crippen molar-refractivity contribution < 1.29 is 19.7 Å².